The summed E-state index contributed by atoms with van der Waals surface area (Å²) in [5, 5.41) is 5.27. The van der Waals surface area contributed by atoms with Crippen molar-refractivity contribution < 1.29 is 0 Å². The number of nitrogens with zero attached hydrogens (tertiary/aromatic N) is 5. The van der Waals surface area contributed by atoms with Crippen molar-refractivity contribution in [1.82, 2.24) is 29.6 Å². The first-order valence-electron chi connectivity index (χ1n) is 26.5. The van der Waals surface area contributed by atoms with Crippen molar-refractivity contribution in [3.8, 4) is 22.4 Å². The number of fused-ring (bicyclic) bond motifs is 1. The molecule has 4 aromatic rings. The van der Waals surface area contributed by atoms with Gasteiger partial charge >= 0.3 is 0 Å². The van der Waals surface area contributed by atoms with E-state index in [1.165, 1.54) is 107 Å². The third-order valence-electron chi connectivity index (χ3n) is 15.0. The van der Waals surface area contributed by atoms with Crippen molar-refractivity contribution >= 4 is 10.9 Å². The molecule has 0 aliphatic carbocycles. The number of pyridine rings is 1. The lowest BCUT2D eigenvalue weighted by Crippen LogP contribution is -2.46. The summed E-state index contributed by atoms with van der Waals surface area (Å²) >= 11 is 0. The predicted octanol–water partition coefficient (Wildman–Crippen LogP) is 13.9. The van der Waals surface area contributed by atoms with Crippen molar-refractivity contribution in [3.63, 3.8) is 0 Å². The van der Waals surface area contributed by atoms with Gasteiger partial charge in [-0.3, -0.25) is 4.98 Å². The highest BCUT2D eigenvalue weighted by Gasteiger charge is 2.29. The second-order valence-electron chi connectivity index (χ2n) is 21.6. The Kier molecular flexibility index (Phi) is 20.2. The molecule has 1 fully saturated rings. The molecule has 372 valence electrons. The Labute approximate surface area is 415 Å². The molecule has 3 atom stereocenters. The van der Waals surface area contributed by atoms with Crippen LogP contribution in [0.2, 0.25) is 0 Å². The average molecular weight is 924 g/mol. The minimum Gasteiger partial charge on any atom is -0.379 e. The first-order chi connectivity index (χ1) is 32.4. The van der Waals surface area contributed by atoms with Gasteiger partial charge in [0.2, 0.25) is 0 Å². The van der Waals surface area contributed by atoms with E-state index in [1.807, 2.05) is 0 Å². The van der Waals surface area contributed by atoms with E-state index in [4.69, 9.17) is 17.3 Å². The molecule has 7 nitrogen and oxygen atoms in total. The second kappa shape index (κ2) is 25.3. The number of hydrogen-bond acceptors (Lipinski definition) is 6. The summed E-state index contributed by atoms with van der Waals surface area (Å²) in [6.45, 7) is 44.6. The molecule has 1 saturated heterocycles. The van der Waals surface area contributed by atoms with Crippen LogP contribution in [-0.2, 0) is 25.8 Å². The van der Waals surface area contributed by atoms with Gasteiger partial charge in [0.25, 0.3) is 0 Å². The number of likely N-dealkylation sites (N-methyl/N-ethyl adjacent to an activating group) is 2. The van der Waals surface area contributed by atoms with Crippen LogP contribution in [0, 0.1) is 18.3 Å². The zero-order chi connectivity index (χ0) is 49.7. The summed E-state index contributed by atoms with van der Waals surface area (Å²) < 4.78 is 2.61. The van der Waals surface area contributed by atoms with Gasteiger partial charge in [-0.2, -0.15) is 0 Å². The molecule has 3 unspecified atom stereocenters. The van der Waals surface area contributed by atoms with Crippen LogP contribution < -0.4 is 11.1 Å². The Morgan fingerprint density at radius 3 is 2.32 bits per heavy atom. The maximum atomic E-state index is 5.91. The van der Waals surface area contributed by atoms with Gasteiger partial charge in [0, 0.05) is 66.9 Å². The molecule has 0 spiro atoms. The highest BCUT2D eigenvalue weighted by molar-refractivity contribution is 5.95. The number of allylic oxidation sites excluding steroid dienone is 2. The highest BCUT2D eigenvalue weighted by Crippen LogP contribution is 2.43. The number of unbranched alkanes of at least 4 members (excludes halogenated alkanes) is 1. The standard InChI is InChI=1S/C61H93N7/c1-16-19-29-61(12,13)41-55-53-40-51(27-28-57(53)68(18-3)60(55)54-38-49(42-63-58(54)46(9)17-2)26-25-34-67-32-22-20-23-33-67)52-36-45(8)35-50(37-52)39-56(48(11)65(14)31-24-21-30-62)64-47(10)59(43(4)5)66(15)44(6)7/h16,27-28,35-38,40,42-43,46,56,59,64H,1,6,10-11,17-26,29-34,39,41,62H2,2-5,7-9,12-15H3. The van der Waals surface area contributed by atoms with Crippen LogP contribution in [0.5, 0.6) is 0 Å². The van der Waals surface area contributed by atoms with Crippen LogP contribution >= 0.6 is 0 Å². The third-order valence-corrected chi connectivity index (χ3v) is 15.0. The topological polar surface area (TPSA) is 65.6 Å². The van der Waals surface area contributed by atoms with Crippen LogP contribution in [-0.4, -0.2) is 83.2 Å². The lowest BCUT2D eigenvalue weighted by atomic mass is 9.79. The van der Waals surface area contributed by atoms with Crippen molar-refractivity contribution in [3.05, 3.63) is 126 Å². The number of rotatable bonds is 28. The molecule has 0 saturated carbocycles. The predicted molar refractivity (Wildman–Crippen MR) is 296 cm³/mol. The molecule has 5 rings (SSSR count). The van der Waals surface area contributed by atoms with Gasteiger partial charge in [0.1, 0.15) is 0 Å². The molecule has 1 aliphatic rings. The zero-order valence-corrected chi connectivity index (χ0v) is 44.9. The molecule has 68 heavy (non-hydrogen) atoms. The maximum Gasteiger partial charge on any atom is 0.0698 e. The number of nitrogens with one attached hydrogen (secondary N) is 1. The average Bonchev–Trinajstić information content (AvgIpc) is 3.61. The smallest absolute Gasteiger partial charge is 0.0698 e. The van der Waals surface area contributed by atoms with Gasteiger partial charge in [-0.1, -0.05) is 104 Å². The van der Waals surface area contributed by atoms with Crippen LogP contribution in [0.1, 0.15) is 147 Å². The van der Waals surface area contributed by atoms with E-state index in [2.05, 4.69) is 175 Å². The molecule has 2 aromatic heterocycles. The zero-order valence-electron chi connectivity index (χ0n) is 44.9. The van der Waals surface area contributed by atoms with Gasteiger partial charge < -0.3 is 30.3 Å². The van der Waals surface area contributed by atoms with Gasteiger partial charge in [-0.15, -0.1) is 6.58 Å². The second-order valence-corrected chi connectivity index (χ2v) is 21.6. The SMILES string of the molecule is C=CCCC(C)(C)Cc1c(-c2cc(CCCN3CCCCC3)cnc2C(C)CC)n(CC)c2ccc(-c3cc(C)cc(CC(NC(=C)C(C(C)C)N(C)C(=C)C)C(=C)N(C)CCCCN)c3)cc12. The van der Waals surface area contributed by atoms with Crippen molar-refractivity contribution in [2.24, 2.45) is 17.1 Å². The summed E-state index contributed by atoms with van der Waals surface area (Å²) in [6, 6.07) is 16.9. The number of nitrogens with two attached hydrogens (primary N) is 1. The fraction of sp³-hybridized carbons (Fsp3) is 0.557. The molecular formula is C61H93N7. The lowest BCUT2D eigenvalue weighted by Gasteiger charge is -2.38. The summed E-state index contributed by atoms with van der Waals surface area (Å²) in [5.41, 5.74) is 22.1. The Morgan fingerprint density at radius 1 is 0.941 bits per heavy atom. The first kappa shape index (κ1) is 54.4. The van der Waals surface area contributed by atoms with Gasteiger partial charge in [0.15, 0.2) is 0 Å². The van der Waals surface area contributed by atoms with Gasteiger partial charge in [-0.25, -0.2) is 0 Å². The van der Waals surface area contributed by atoms with E-state index < -0.39 is 0 Å². The third kappa shape index (κ3) is 14.0. The Hall–Kier alpha value is -4.59. The lowest BCUT2D eigenvalue weighted by molar-refractivity contribution is 0.226. The minimum atomic E-state index is -0.0540. The normalized spacial score (nSPS) is 14.8. The first-order valence-corrected chi connectivity index (χ1v) is 26.5. The van der Waals surface area contributed by atoms with E-state index in [-0.39, 0.29) is 17.5 Å². The molecule has 1 aliphatic heterocycles. The molecule has 3 N–H and O–H groups in total. The van der Waals surface area contributed by atoms with Crippen LogP contribution in [0.4, 0.5) is 0 Å². The van der Waals surface area contributed by atoms with Crippen molar-refractivity contribution in [2.45, 2.75) is 164 Å². The number of hydrogen-bond donors (Lipinski definition) is 2. The highest BCUT2D eigenvalue weighted by atomic mass is 15.2. The molecule has 0 bridgehead atoms. The van der Waals surface area contributed by atoms with Crippen molar-refractivity contribution in [2.75, 3.05) is 46.8 Å². The summed E-state index contributed by atoms with van der Waals surface area (Å²) in [4.78, 5) is 12.6. The van der Waals surface area contributed by atoms with Crippen LogP contribution in [0.15, 0.2) is 98.1 Å². The largest absolute Gasteiger partial charge is 0.379 e. The van der Waals surface area contributed by atoms with E-state index in [0.29, 0.717) is 18.4 Å². The summed E-state index contributed by atoms with van der Waals surface area (Å²) in [6.07, 6.45) is 17.4. The molecule has 7 heteroatoms. The van der Waals surface area contributed by atoms with E-state index in [0.717, 1.165) is 81.5 Å². The fourth-order valence-electron chi connectivity index (χ4n) is 10.8. The number of aryl methyl sites for hydroxylation is 3. The molecule has 0 amide bonds. The van der Waals surface area contributed by atoms with Gasteiger partial charge in [0.05, 0.1) is 23.5 Å². The fourth-order valence-corrected chi connectivity index (χ4v) is 10.8. The Bertz CT molecular complexity index is 2300. The van der Waals surface area contributed by atoms with E-state index in [9.17, 15) is 0 Å². The monoisotopic (exact) mass is 924 g/mol. The van der Waals surface area contributed by atoms with Crippen molar-refractivity contribution in [1.29, 1.82) is 0 Å². The van der Waals surface area contributed by atoms with E-state index in [1.54, 1.807) is 0 Å². The summed E-state index contributed by atoms with van der Waals surface area (Å²) in [5.74, 6) is 0.685. The van der Waals surface area contributed by atoms with Crippen LogP contribution in [0.25, 0.3) is 33.3 Å². The quantitative estimate of drug-likeness (QED) is 0.0437. The number of benzene rings is 2. The Balaban J connectivity index is 1.62. The number of likely N-dealkylation sites (tertiary alicyclic amines) is 1. The Morgan fingerprint density at radius 2 is 1.68 bits per heavy atom. The van der Waals surface area contributed by atoms with Crippen LogP contribution in [0.3, 0.4) is 0 Å². The molecule has 2 aromatic carbocycles. The molecule has 3 heterocycles. The number of aromatic nitrogens is 2. The maximum absolute atomic E-state index is 5.91. The van der Waals surface area contributed by atoms with E-state index >= 15 is 0 Å². The van der Waals surface area contributed by atoms with Gasteiger partial charge in [-0.05, 0) is 181 Å². The summed E-state index contributed by atoms with van der Waals surface area (Å²) in [7, 11) is 4.28. The minimum absolute atomic E-state index is 0.0540. The molecular weight excluding hydrogens is 831 g/mol. The number of piperidine rings is 1. The molecule has 0 radical (unpaired) electrons.